The lowest BCUT2D eigenvalue weighted by atomic mass is 9.82. The second-order valence-corrected chi connectivity index (χ2v) is 7.16. The SMILES string of the molecule is CCOCCn1nc(C)cc1C(=O)N1CCC2(CC1)OCCC[C@@H]2OC. The summed E-state index contributed by atoms with van der Waals surface area (Å²) in [6, 6.07) is 1.87. The summed E-state index contributed by atoms with van der Waals surface area (Å²) < 4.78 is 19.0. The number of piperidine rings is 1. The van der Waals surface area contributed by atoms with E-state index < -0.39 is 0 Å². The lowest BCUT2D eigenvalue weighted by Gasteiger charge is -2.47. The normalized spacial score (nSPS) is 22.7. The molecule has 2 saturated heterocycles. The molecule has 2 fully saturated rings. The predicted octanol–water partition coefficient (Wildman–Crippen LogP) is 2.03. The first-order chi connectivity index (χ1) is 12.6. The fourth-order valence-electron chi connectivity index (χ4n) is 4.13. The van der Waals surface area contributed by atoms with Crippen LogP contribution in [-0.4, -0.2) is 72.3 Å². The molecule has 0 bridgehead atoms. The summed E-state index contributed by atoms with van der Waals surface area (Å²) in [5, 5.41) is 4.45. The van der Waals surface area contributed by atoms with Crippen molar-refractivity contribution in [2.75, 3.05) is 40.0 Å². The molecule has 1 aromatic rings. The third-order valence-electron chi connectivity index (χ3n) is 5.54. The number of carbonyl (C=O) groups excluding carboxylic acids is 1. The molecule has 0 aromatic carbocycles. The summed E-state index contributed by atoms with van der Waals surface area (Å²) in [5.74, 6) is 0.0433. The lowest BCUT2D eigenvalue weighted by molar-refractivity contribution is -0.183. The van der Waals surface area contributed by atoms with Crippen molar-refractivity contribution in [3.8, 4) is 0 Å². The predicted molar refractivity (Wildman–Crippen MR) is 97.3 cm³/mol. The van der Waals surface area contributed by atoms with Gasteiger partial charge in [-0.3, -0.25) is 9.48 Å². The van der Waals surface area contributed by atoms with Gasteiger partial charge in [0, 0.05) is 33.4 Å². The molecule has 26 heavy (non-hydrogen) atoms. The molecule has 0 radical (unpaired) electrons. The Morgan fingerprint density at radius 3 is 2.88 bits per heavy atom. The van der Waals surface area contributed by atoms with Crippen LogP contribution in [0.1, 0.15) is 48.8 Å². The molecule has 0 unspecified atom stereocenters. The van der Waals surface area contributed by atoms with E-state index in [0.29, 0.717) is 38.5 Å². The molecule has 0 saturated carbocycles. The molecule has 7 nitrogen and oxygen atoms in total. The second kappa shape index (κ2) is 8.50. The highest BCUT2D eigenvalue weighted by Crippen LogP contribution is 2.37. The van der Waals surface area contributed by atoms with Gasteiger partial charge >= 0.3 is 0 Å². The van der Waals surface area contributed by atoms with Gasteiger partial charge in [0.15, 0.2) is 0 Å². The highest BCUT2D eigenvalue weighted by molar-refractivity contribution is 5.92. The maximum absolute atomic E-state index is 13.0. The average Bonchev–Trinajstić information content (AvgIpc) is 3.03. The van der Waals surface area contributed by atoms with Gasteiger partial charge in [-0.25, -0.2) is 0 Å². The van der Waals surface area contributed by atoms with Crippen LogP contribution in [0.5, 0.6) is 0 Å². The van der Waals surface area contributed by atoms with Crippen LogP contribution < -0.4 is 0 Å². The first kappa shape index (κ1) is 19.3. The van der Waals surface area contributed by atoms with Gasteiger partial charge in [0.2, 0.25) is 0 Å². The Morgan fingerprint density at radius 1 is 1.42 bits per heavy atom. The minimum atomic E-state index is -0.227. The minimum absolute atomic E-state index is 0.0433. The molecular formula is C19H31N3O4. The zero-order valence-electron chi connectivity index (χ0n) is 16.2. The standard InChI is InChI=1S/C19H31N3O4/c1-4-25-13-11-22-16(14-15(2)20-22)18(23)21-9-7-19(8-10-21)17(24-3)6-5-12-26-19/h14,17H,4-13H2,1-3H3/t17-/m0/s1. The molecule has 0 aliphatic carbocycles. The van der Waals surface area contributed by atoms with E-state index in [4.69, 9.17) is 14.2 Å². The molecule has 2 aliphatic rings. The van der Waals surface area contributed by atoms with Crippen LogP contribution in [0.4, 0.5) is 0 Å². The van der Waals surface area contributed by atoms with E-state index in [1.807, 2.05) is 24.8 Å². The molecule has 3 heterocycles. The van der Waals surface area contributed by atoms with Crippen molar-refractivity contribution < 1.29 is 19.0 Å². The smallest absolute Gasteiger partial charge is 0.272 e. The molecule has 1 aromatic heterocycles. The van der Waals surface area contributed by atoms with Crippen LogP contribution in [0.3, 0.4) is 0 Å². The third kappa shape index (κ3) is 3.94. The first-order valence-corrected chi connectivity index (χ1v) is 9.68. The van der Waals surface area contributed by atoms with Gasteiger partial charge in [-0.15, -0.1) is 0 Å². The van der Waals surface area contributed by atoms with Crippen LogP contribution in [-0.2, 0) is 20.8 Å². The summed E-state index contributed by atoms with van der Waals surface area (Å²) in [4.78, 5) is 15.0. The van der Waals surface area contributed by atoms with E-state index in [1.165, 1.54) is 0 Å². The molecule has 0 N–H and O–H groups in total. The van der Waals surface area contributed by atoms with E-state index in [9.17, 15) is 4.79 Å². The zero-order chi connectivity index (χ0) is 18.6. The number of aromatic nitrogens is 2. The number of aryl methyl sites for hydroxylation is 1. The number of hydrogen-bond donors (Lipinski definition) is 0. The maximum Gasteiger partial charge on any atom is 0.272 e. The van der Waals surface area contributed by atoms with Gasteiger partial charge in [-0.1, -0.05) is 0 Å². The Balaban J connectivity index is 1.65. The van der Waals surface area contributed by atoms with Crippen molar-refractivity contribution in [3.05, 3.63) is 17.5 Å². The van der Waals surface area contributed by atoms with E-state index in [2.05, 4.69) is 5.10 Å². The van der Waals surface area contributed by atoms with Crippen molar-refractivity contribution in [2.45, 2.75) is 57.8 Å². The van der Waals surface area contributed by atoms with Crippen molar-refractivity contribution >= 4 is 5.91 Å². The Labute approximate surface area is 155 Å². The minimum Gasteiger partial charge on any atom is -0.380 e. The number of ether oxygens (including phenoxy) is 3. The van der Waals surface area contributed by atoms with Crippen LogP contribution in [0.25, 0.3) is 0 Å². The van der Waals surface area contributed by atoms with Gasteiger partial charge in [-0.2, -0.15) is 5.10 Å². The van der Waals surface area contributed by atoms with Gasteiger partial charge in [0.1, 0.15) is 5.69 Å². The lowest BCUT2D eigenvalue weighted by Crippen LogP contribution is -2.56. The van der Waals surface area contributed by atoms with Crippen molar-refractivity contribution in [3.63, 3.8) is 0 Å². The van der Waals surface area contributed by atoms with Gasteiger partial charge in [0.25, 0.3) is 5.91 Å². The van der Waals surface area contributed by atoms with Gasteiger partial charge < -0.3 is 19.1 Å². The number of nitrogens with zero attached hydrogens (tertiary/aromatic N) is 3. The molecule has 3 rings (SSSR count). The quantitative estimate of drug-likeness (QED) is 0.722. The third-order valence-corrected chi connectivity index (χ3v) is 5.54. The topological polar surface area (TPSA) is 65.8 Å². The molecular weight excluding hydrogens is 334 g/mol. The molecule has 7 heteroatoms. The van der Waals surface area contributed by atoms with Gasteiger partial charge in [0.05, 0.1) is 30.6 Å². The van der Waals surface area contributed by atoms with Crippen molar-refractivity contribution in [1.29, 1.82) is 0 Å². The van der Waals surface area contributed by atoms with E-state index in [-0.39, 0.29) is 17.6 Å². The number of methoxy groups -OCH3 is 1. The summed E-state index contributed by atoms with van der Waals surface area (Å²) in [6.07, 6.45) is 3.86. The fourth-order valence-corrected chi connectivity index (χ4v) is 4.13. The number of carbonyl (C=O) groups is 1. The van der Waals surface area contributed by atoms with E-state index in [0.717, 1.165) is 38.0 Å². The Bertz CT molecular complexity index is 608. The van der Waals surface area contributed by atoms with Crippen LogP contribution in [0.15, 0.2) is 6.07 Å². The van der Waals surface area contributed by atoms with Crippen molar-refractivity contribution in [2.24, 2.45) is 0 Å². The number of hydrogen-bond acceptors (Lipinski definition) is 5. The van der Waals surface area contributed by atoms with Gasteiger partial charge in [-0.05, 0) is 45.6 Å². The summed E-state index contributed by atoms with van der Waals surface area (Å²) >= 11 is 0. The zero-order valence-corrected chi connectivity index (χ0v) is 16.2. The van der Waals surface area contributed by atoms with Crippen LogP contribution in [0, 0.1) is 6.92 Å². The number of amides is 1. The van der Waals surface area contributed by atoms with Crippen molar-refractivity contribution in [1.82, 2.24) is 14.7 Å². The Morgan fingerprint density at radius 2 is 2.19 bits per heavy atom. The highest BCUT2D eigenvalue weighted by Gasteiger charge is 2.45. The van der Waals surface area contributed by atoms with Crippen LogP contribution >= 0.6 is 0 Å². The molecule has 146 valence electrons. The first-order valence-electron chi connectivity index (χ1n) is 9.68. The van der Waals surface area contributed by atoms with E-state index >= 15 is 0 Å². The maximum atomic E-state index is 13.0. The number of likely N-dealkylation sites (tertiary alicyclic amines) is 1. The fraction of sp³-hybridized carbons (Fsp3) is 0.789. The molecule has 1 atom stereocenters. The Kier molecular flexibility index (Phi) is 6.32. The summed E-state index contributed by atoms with van der Waals surface area (Å²) in [7, 11) is 1.76. The summed E-state index contributed by atoms with van der Waals surface area (Å²) in [6.45, 7) is 7.86. The van der Waals surface area contributed by atoms with E-state index in [1.54, 1.807) is 11.8 Å². The monoisotopic (exact) mass is 365 g/mol. The highest BCUT2D eigenvalue weighted by atomic mass is 16.5. The average molecular weight is 365 g/mol. The van der Waals surface area contributed by atoms with Crippen LogP contribution in [0.2, 0.25) is 0 Å². The Hall–Kier alpha value is -1.44. The molecule has 1 amide bonds. The largest absolute Gasteiger partial charge is 0.380 e. The summed E-state index contributed by atoms with van der Waals surface area (Å²) in [5.41, 5.74) is 1.27. The molecule has 2 aliphatic heterocycles. The molecule has 1 spiro atoms. The number of rotatable bonds is 6. The second-order valence-electron chi connectivity index (χ2n) is 7.16.